The topological polar surface area (TPSA) is 130 Å². The van der Waals surface area contributed by atoms with Crippen LogP contribution in [0.4, 0.5) is 4.79 Å². The van der Waals surface area contributed by atoms with Gasteiger partial charge in [-0.25, -0.2) is 15.5 Å². The van der Waals surface area contributed by atoms with Gasteiger partial charge in [0.15, 0.2) is 0 Å². The summed E-state index contributed by atoms with van der Waals surface area (Å²) in [6, 6.07) is -0.722. The van der Waals surface area contributed by atoms with Gasteiger partial charge in [-0.2, -0.15) is 0 Å². The zero-order valence-electron chi connectivity index (χ0n) is 8.23. The number of hydrogen-bond donors (Lipinski definition) is 5. The number of carboxylic acid groups (broad SMARTS) is 1. The smallest absolute Gasteiger partial charge is 0.441 e. The highest BCUT2D eigenvalue weighted by molar-refractivity contribution is 5.69. The van der Waals surface area contributed by atoms with Crippen LogP contribution in [0.15, 0.2) is 12.3 Å². The summed E-state index contributed by atoms with van der Waals surface area (Å²) >= 11 is 0. The van der Waals surface area contributed by atoms with Gasteiger partial charge in [-0.3, -0.25) is 10.5 Å². The number of carbonyl (C=O) groups is 2. The summed E-state index contributed by atoms with van der Waals surface area (Å²) in [5.41, 5.74) is 13.7. The summed E-state index contributed by atoms with van der Waals surface area (Å²) in [5, 5.41) is 11.0. The van der Waals surface area contributed by atoms with Crippen LogP contribution in [0.2, 0.25) is 0 Å². The average molecular weight is 216 g/mol. The maximum Gasteiger partial charge on any atom is 0.441 e. The van der Waals surface area contributed by atoms with E-state index in [0.717, 1.165) is 0 Å². The fraction of sp³-hybridized carbons (Fsp3) is 0.429. The number of likely N-dealkylation sites (N-methyl/N-ethyl adjacent to an activating group) is 1. The molecule has 0 aromatic carbocycles. The van der Waals surface area contributed by atoms with Crippen LogP contribution in [0.5, 0.6) is 0 Å². The van der Waals surface area contributed by atoms with E-state index in [1.54, 1.807) is 0 Å². The highest BCUT2D eigenvalue weighted by Crippen LogP contribution is 2.18. The Morgan fingerprint density at radius 3 is 2.73 bits per heavy atom. The normalized spacial score (nSPS) is 33.7. The van der Waals surface area contributed by atoms with E-state index in [-0.39, 0.29) is 6.54 Å². The number of carboxylic acids is 1. The van der Waals surface area contributed by atoms with Crippen molar-refractivity contribution in [2.75, 3.05) is 13.6 Å². The maximum absolute atomic E-state index is 11.2. The van der Waals surface area contributed by atoms with Gasteiger partial charge < -0.3 is 10.8 Å². The van der Waals surface area contributed by atoms with Crippen molar-refractivity contribution in [2.24, 2.45) is 11.5 Å². The Labute approximate surface area is 86.1 Å². The third-order valence-corrected chi connectivity index (χ3v) is 2.37. The maximum atomic E-state index is 11.2. The fourth-order valence-electron chi connectivity index (χ4n) is 1.25. The molecule has 0 aliphatic carbocycles. The number of aliphatic carboxylic acids is 1. The molecule has 15 heavy (non-hydrogen) atoms. The van der Waals surface area contributed by atoms with E-state index in [4.69, 9.17) is 16.6 Å². The average Bonchev–Trinajstić information content (AvgIpc) is 2.42. The molecule has 0 aromatic rings. The lowest BCUT2D eigenvalue weighted by Crippen LogP contribution is -2.77. The number of primary amides is 1. The van der Waals surface area contributed by atoms with E-state index in [1.807, 2.05) is 0 Å². The number of hydrogen-bond acceptors (Lipinski definition) is 5. The van der Waals surface area contributed by atoms with Crippen molar-refractivity contribution in [1.82, 2.24) is 10.7 Å². The first kappa shape index (κ1) is 11.4. The van der Waals surface area contributed by atoms with Gasteiger partial charge in [0.2, 0.25) is 0 Å². The minimum Gasteiger partial charge on any atom is -0.480 e. The summed E-state index contributed by atoms with van der Waals surface area (Å²) in [4.78, 5) is 21.6. The minimum absolute atomic E-state index is 0.371. The number of nitrogens with two attached hydrogens (primary N) is 2. The monoisotopic (exact) mass is 216 g/mol. The van der Waals surface area contributed by atoms with E-state index in [0.29, 0.717) is 0 Å². The molecule has 0 fully saturated rings. The zero-order chi connectivity index (χ0) is 11.7. The lowest BCUT2D eigenvalue weighted by molar-refractivity contribution is -0.910. The van der Waals surface area contributed by atoms with Gasteiger partial charge in [0, 0.05) is 6.08 Å². The Morgan fingerprint density at radius 1 is 1.67 bits per heavy atom. The molecule has 0 aromatic heterocycles. The molecule has 8 heteroatoms. The molecular formula is C7H14N5O3+. The van der Waals surface area contributed by atoms with E-state index < -0.39 is 22.4 Å². The zero-order valence-corrected chi connectivity index (χ0v) is 8.23. The number of amides is 2. The predicted octanol–water partition coefficient (Wildman–Crippen LogP) is -2.17. The van der Waals surface area contributed by atoms with Gasteiger partial charge in [0.05, 0.1) is 6.20 Å². The number of nitrogens with zero attached hydrogens (tertiary/aromatic N) is 1. The van der Waals surface area contributed by atoms with E-state index >= 15 is 0 Å². The third-order valence-electron chi connectivity index (χ3n) is 2.37. The van der Waals surface area contributed by atoms with Gasteiger partial charge in [-0.1, -0.05) is 0 Å². The van der Waals surface area contributed by atoms with E-state index in [2.05, 4.69) is 10.7 Å². The highest BCUT2D eigenvalue weighted by atomic mass is 16.4. The molecule has 7 N–H and O–H groups in total. The molecule has 1 aliphatic heterocycles. The predicted molar refractivity (Wildman–Crippen MR) is 50.6 cm³/mol. The summed E-state index contributed by atoms with van der Waals surface area (Å²) in [5.74, 6) is -2.43. The highest BCUT2D eigenvalue weighted by Gasteiger charge is 2.52. The Balaban J connectivity index is 2.85. The summed E-state index contributed by atoms with van der Waals surface area (Å²) in [6.07, 6.45) is 2.89. The Hall–Kier alpha value is -1.64. The van der Waals surface area contributed by atoms with Gasteiger partial charge in [-0.05, 0) is 0 Å². The summed E-state index contributed by atoms with van der Waals surface area (Å²) in [7, 11) is 1.44. The van der Waals surface area contributed by atoms with Gasteiger partial charge in [0.1, 0.15) is 13.6 Å². The molecule has 84 valence electrons. The van der Waals surface area contributed by atoms with Crippen molar-refractivity contribution in [1.29, 1.82) is 0 Å². The first-order chi connectivity index (χ1) is 6.82. The molecule has 1 heterocycles. The molecule has 0 bridgehead atoms. The van der Waals surface area contributed by atoms with Crippen LogP contribution in [0.1, 0.15) is 0 Å². The number of quaternary nitrogens is 1. The van der Waals surface area contributed by atoms with Crippen LogP contribution >= 0.6 is 0 Å². The summed E-state index contributed by atoms with van der Waals surface area (Å²) in [6.45, 7) is -0.371. The molecule has 0 saturated heterocycles. The third kappa shape index (κ3) is 1.77. The lowest BCUT2D eigenvalue weighted by atomic mass is 10.3. The van der Waals surface area contributed by atoms with Crippen LogP contribution in [0, 0.1) is 0 Å². The van der Waals surface area contributed by atoms with Crippen molar-refractivity contribution in [3.8, 4) is 0 Å². The fourth-order valence-corrected chi connectivity index (χ4v) is 1.25. The number of nitrogens with one attached hydrogen (secondary N) is 2. The molecule has 2 atom stereocenters. The van der Waals surface area contributed by atoms with Gasteiger partial charge in [0.25, 0.3) is 5.79 Å². The number of carbonyl (C=O) groups excluding carboxylic acids is 1. The summed E-state index contributed by atoms with van der Waals surface area (Å²) < 4.78 is -0.528. The molecule has 0 spiro atoms. The molecule has 8 nitrogen and oxygen atoms in total. The molecule has 1 aliphatic rings. The second kappa shape index (κ2) is 3.50. The molecule has 2 amide bonds. The van der Waals surface area contributed by atoms with Crippen molar-refractivity contribution < 1.29 is 19.3 Å². The van der Waals surface area contributed by atoms with E-state index in [9.17, 15) is 9.59 Å². The Morgan fingerprint density at radius 2 is 2.27 bits per heavy atom. The molecular weight excluding hydrogens is 202 g/mol. The lowest BCUT2D eigenvalue weighted by Gasteiger charge is -2.37. The number of rotatable bonds is 3. The molecule has 0 radical (unpaired) electrons. The van der Waals surface area contributed by atoms with Crippen molar-refractivity contribution in [3.63, 3.8) is 0 Å². The second-order valence-electron chi connectivity index (χ2n) is 3.38. The molecule has 2 unspecified atom stereocenters. The quantitative estimate of drug-likeness (QED) is 0.269. The van der Waals surface area contributed by atoms with Crippen LogP contribution in [0.3, 0.4) is 0 Å². The van der Waals surface area contributed by atoms with Crippen molar-refractivity contribution in [3.05, 3.63) is 12.3 Å². The molecule has 0 saturated carbocycles. The second-order valence-corrected chi connectivity index (χ2v) is 3.38. The Bertz CT molecular complexity index is 331. The van der Waals surface area contributed by atoms with Gasteiger partial charge in [-0.15, -0.1) is 4.59 Å². The van der Waals surface area contributed by atoms with Crippen LogP contribution in [-0.2, 0) is 4.79 Å². The first-order valence-corrected chi connectivity index (χ1v) is 4.20. The Kier molecular flexibility index (Phi) is 2.67. The van der Waals surface area contributed by atoms with Crippen molar-refractivity contribution in [2.45, 2.75) is 5.79 Å². The van der Waals surface area contributed by atoms with Gasteiger partial charge >= 0.3 is 12.0 Å². The van der Waals surface area contributed by atoms with Crippen molar-refractivity contribution >= 4 is 12.0 Å². The SMILES string of the molecule is C[N+]1(C(N)=O)NC=CC1(N)NCC(=O)O. The van der Waals surface area contributed by atoms with E-state index in [1.165, 1.54) is 19.3 Å². The first-order valence-electron chi connectivity index (χ1n) is 4.20. The minimum atomic E-state index is -1.36. The van der Waals surface area contributed by atoms with Crippen LogP contribution < -0.4 is 22.2 Å². The molecule has 1 rings (SSSR count). The number of urea groups is 1. The van der Waals surface area contributed by atoms with Crippen LogP contribution in [0.25, 0.3) is 0 Å². The largest absolute Gasteiger partial charge is 0.480 e. The standard InChI is InChI=1S/C7H13N5O3/c1-12(6(8)15)7(9,2-3-11-12)10-4-5(13)14/h2-3,10-11H,4,9H2,1H3,(H2-,8,13,14,15)/p+1. The van der Waals surface area contributed by atoms with Crippen LogP contribution in [-0.4, -0.2) is 41.1 Å².